The molecule has 0 amide bonds. The zero-order valence-corrected chi connectivity index (χ0v) is 19.0. The Kier molecular flexibility index (Phi) is 9.61. The quantitative estimate of drug-likeness (QED) is 0.258. The van der Waals surface area contributed by atoms with Crippen LogP contribution < -0.4 is 15.4 Å². The average molecular weight is 436 g/mol. The second-order valence-corrected chi connectivity index (χ2v) is 7.37. The molecular formula is C25H33N5O2. The van der Waals surface area contributed by atoms with Crippen molar-refractivity contribution in [1.82, 2.24) is 20.4 Å². The summed E-state index contributed by atoms with van der Waals surface area (Å²) in [5, 5.41) is 11.1. The Morgan fingerprint density at radius 2 is 1.88 bits per heavy atom. The van der Waals surface area contributed by atoms with E-state index >= 15 is 0 Å². The highest BCUT2D eigenvalue weighted by atomic mass is 16.5. The molecule has 0 unspecified atom stereocenters. The average Bonchev–Trinajstić information content (AvgIpc) is 3.34. The fourth-order valence-corrected chi connectivity index (χ4v) is 3.21. The van der Waals surface area contributed by atoms with Gasteiger partial charge in [0.25, 0.3) is 0 Å². The van der Waals surface area contributed by atoms with E-state index in [1.54, 1.807) is 13.3 Å². The molecule has 0 saturated heterocycles. The molecule has 1 heterocycles. The summed E-state index contributed by atoms with van der Waals surface area (Å²) in [6.45, 7) is 6.32. The summed E-state index contributed by atoms with van der Waals surface area (Å²) in [7, 11) is 1.67. The molecule has 0 aliphatic heterocycles. The summed E-state index contributed by atoms with van der Waals surface area (Å²) in [6, 6.07) is 18.4. The summed E-state index contributed by atoms with van der Waals surface area (Å²) in [5.41, 5.74) is 3.53. The van der Waals surface area contributed by atoms with Crippen LogP contribution in [0.3, 0.4) is 0 Å². The van der Waals surface area contributed by atoms with Crippen molar-refractivity contribution in [3.05, 3.63) is 83.7 Å². The van der Waals surface area contributed by atoms with Crippen molar-refractivity contribution in [2.45, 2.75) is 33.0 Å². The first kappa shape index (κ1) is 23.3. The van der Waals surface area contributed by atoms with Gasteiger partial charge in [0.1, 0.15) is 5.75 Å². The molecule has 3 rings (SSSR count). The summed E-state index contributed by atoms with van der Waals surface area (Å²) < 4.78 is 12.6. The minimum atomic E-state index is 0.594. The molecule has 0 fully saturated rings. The molecule has 0 spiro atoms. The Morgan fingerprint density at radius 1 is 1.03 bits per heavy atom. The van der Waals surface area contributed by atoms with Gasteiger partial charge in [-0.2, -0.15) is 5.10 Å². The first-order chi connectivity index (χ1) is 15.8. The van der Waals surface area contributed by atoms with Gasteiger partial charge in [0.15, 0.2) is 5.96 Å². The van der Waals surface area contributed by atoms with Crippen LogP contribution in [0.25, 0.3) is 0 Å². The Labute approximate surface area is 190 Å². The molecule has 0 bridgehead atoms. The van der Waals surface area contributed by atoms with E-state index < -0.39 is 0 Å². The van der Waals surface area contributed by atoms with Crippen molar-refractivity contribution in [1.29, 1.82) is 0 Å². The summed E-state index contributed by atoms with van der Waals surface area (Å²) >= 11 is 0. The van der Waals surface area contributed by atoms with E-state index in [4.69, 9.17) is 14.5 Å². The molecule has 0 atom stereocenters. The zero-order chi connectivity index (χ0) is 22.4. The van der Waals surface area contributed by atoms with E-state index in [-0.39, 0.29) is 0 Å². The normalized spacial score (nSPS) is 11.4. The van der Waals surface area contributed by atoms with Gasteiger partial charge < -0.3 is 20.1 Å². The number of ether oxygens (including phenoxy) is 2. The summed E-state index contributed by atoms with van der Waals surface area (Å²) in [5.74, 6) is 1.64. The van der Waals surface area contributed by atoms with Crippen molar-refractivity contribution in [3.8, 4) is 5.75 Å². The van der Waals surface area contributed by atoms with Crippen molar-refractivity contribution in [3.63, 3.8) is 0 Å². The van der Waals surface area contributed by atoms with Gasteiger partial charge in [-0.3, -0.25) is 4.68 Å². The number of nitrogens with one attached hydrogen (secondary N) is 2. The molecule has 3 aromatic rings. The zero-order valence-electron chi connectivity index (χ0n) is 19.0. The van der Waals surface area contributed by atoms with Crippen molar-refractivity contribution < 1.29 is 9.47 Å². The molecule has 0 radical (unpaired) electrons. The first-order valence-corrected chi connectivity index (χ1v) is 11.0. The Hall–Kier alpha value is -3.32. The lowest BCUT2D eigenvalue weighted by atomic mass is 10.1. The minimum Gasteiger partial charge on any atom is -0.497 e. The predicted octanol–water partition coefficient (Wildman–Crippen LogP) is 3.60. The van der Waals surface area contributed by atoms with Crippen LogP contribution in [0, 0.1) is 0 Å². The van der Waals surface area contributed by atoms with Gasteiger partial charge in [-0.15, -0.1) is 0 Å². The van der Waals surface area contributed by atoms with Crippen LogP contribution in [0.4, 0.5) is 0 Å². The summed E-state index contributed by atoms with van der Waals surface area (Å²) in [6.07, 6.45) is 4.70. The number of guanidine groups is 1. The maximum atomic E-state index is 5.43. The van der Waals surface area contributed by atoms with Crippen LogP contribution in [-0.4, -0.2) is 42.6 Å². The molecule has 32 heavy (non-hydrogen) atoms. The number of rotatable bonds is 12. The number of aromatic nitrogens is 2. The van der Waals surface area contributed by atoms with E-state index in [1.165, 1.54) is 5.56 Å². The smallest absolute Gasteiger partial charge is 0.191 e. The predicted molar refractivity (Wildman–Crippen MR) is 128 cm³/mol. The standard InChI is InChI=1S/C25H33N5O2/c1-3-32-16-6-13-26-25(27-18-21-9-11-24(31-2)12-10-21)28-19-22-7-4-8-23(17-22)20-30-15-5-14-29-30/h4-5,7-12,14-15,17H,3,6,13,16,18-20H2,1-2H3,(H2,26,27,28). The van der Waals surface area contributed by atoms with Gasteiger partial charge in [0.05, 0.1) is 20.2 Å². The monoisotopic (exact) mass is 435 g/mol. The fraction of sp³-hybridized carbons (Fsp3) is 0.360. The number of nitrogens with zero attached hydrogens (tertiary/aromatic N) is 3. The Bertz CT molecular complexity index is 939. The number of methoxy groups -OCH3 is 1. The molecule has 2 N–H and O–H groups in total. The van der Waals surface area contributed by atoms with Gasteiger partial charge in [0.2, 0.25) is 0 Å². The fourth-order valence-electron chi connectivity index (χ4n) is 3.21. The molecule has 170 valence electrons. The Morgan fingerprint density at radius 3 is 2.62 bits per heavy atom. The molecule has 0 saturated carbocycles. The van der Waals surface area contributed by atoms with Crippen LogP contribution in [0.2, 0.25) is 0 Å². The highest BCUT2D eigenvalue weighted by Gasteiger charge is 2.02. The number of benzene rings is 2. The van der Waals surface area contributed by atoms with Crippen LogP contribution in [0.5, 0.6) is 5.75 Å². The second kappa shape index (κ2) is 13.2. The van der Waals surface area contributed by atoms with Crippen LogP contribution >= 0.6 is 0 Å². The lowest BCUT2D eigenvalue weighted by Crippen LogP contribution is -2.37. The van der Waals surface area contributed by atoms with Crippen molar-refractivity contribution in [2.75, 3.05) is 26.9 Å². The number of hydrogen-bond acceptors (Lipinski definition) is 4. The molecular weight excluding hydrogens is 402 g/mol. The lowest BCUT2D eigenvalue weighted by Gasteiger charge is -2.13. The molecule has 1 aromatic heterocycles. The van der Waals surface area contributed by atoms with E-state index in [2.05, 4.69) is 52.1 Å². The van der Waals surface area contributed by atoms with Gasteiger partial charge in [-0.25, -0.2) is 4.99 Å². The molecule has 2 aromatic carbocycles. The van der Waals surface area contributed by atoms with Crippen molar-refractivity contribution in [2.24, 2.45) is 4.99 Å². The van der Waals surface area contributed by atoms with Crippen LogP contribution in [-0.2, 0) is 24.4 Å². The number of aliphatic imine (C=N–C) groups is 1. The third kappa shape index (κ3) is 8.07. The topological polar surface area (TPSA) is 72.7 Å². The third-order valence-electron chi connectivity index (χ3n) is 4.90. The van der Waals surface area contributed by atoms with Crippen LogP contribution in [0.1, 0.15) is 30.0 Å². The SMILES string of the molecule is CCOCCCNC(=NCc1cccc(Cn2cccn2)c1)NCc1ccc(OC)cc1. The lowest BCUT2D eigenvalue weighted by molar-refractivity contribution is 0.145. The second-order valence-electron chi connectivity index (χ2n) is 7.37. The highest BCUT2D eigenvalue weighted by Crippen LogP contribution is 2.11. The maximum absolute atomic E-state index is 5.43. The molecule has 0 aliphatic rings. The van der Waals surface area contributed by atoms with Gasteiger partial charge in [-0.1, -0.05) is 36.4 Å². The third-order valence-corrected chi connectivity index (χ3v) is 4.90. The van der Waals surface area contributed by atoms with Crippen LogP contribution in [0.15, 0.2) is 72.0 Å². The maximum Gasteiger partial charge on any atom is 0.191 e. The number of hydrogen-bond donors (Lipinski definition) is 2. The van der Waals surface area contributed by atoms with Crippen molar-refractivity contribution >= 4 is 5.96 Å². The van der Waals surface area contributed by atoms with E-state index in [9.17, 15) is 0 Å². The first-order valence-electron chi connectivity index (χ1n) is 11.0. The molecule has 7 nitrogen and oxygen atoms in total. The molecule has 7 heteroatoms. The van der Waals surface area contributed by atoms with E-state index in [0.29, 0.717) is 13.1 Å². The summed E-state index contributed by atoms with van der Waals surface area (Å²) in [4.78, 5) is 4.81. The largest absolute Gasteiger partial charge is 0.497 e. The van der Waals surface area contributed by atoms with Gasteiger partial charge in [0, 0.05) is 38.7 Å². The van der Waals surface area contributed by atoms with E-state index in [1.807, 2.05) is 36.0 Å². The minimum absolute atomic E-state index is 0.594. The molecule has 0 aliphatic carbocycles. The van der Waals surface area contributed by atoms with E-state index in [0.717, 1.165) is 55.6 Å². The highest BCUT2D eigenvalue weighted by molar-refractivity contribution is 5.79. The Balaban J connectivity index is 1.60. The van der Waals surface area contributed by atoms with Gasteiger partial charge in [-0.05, 0) is 48.2 Å². The van der Waals surface area contributed by atoms with Gasteiger partial charge >= 0.3 is 0 Å².